The second-order valence-corrected chi connectivity index (χ2v) is 14.0. The molecule has 3 aromatic carbocycles. The average Bonchev–Trinajstić information content (AvgIpc) is 3.19. The normalized spacial score (nSPS) is 16.2. The van der Waals surface area contributed by atoms with Crippen molar-refractivity contribution in [1.82, 2.24) is 9.55 Å². The van der Waals surface area contributed by atoms with Gasteiger partial charge in [0.05, 0.1) is 26.9 Å². The van der Waals surface area contributed by atoms with E-state index in [4.69, 9.17) is 29.4 Å². The van der Waals surface area contributed by atoms with Crippen molar-refractivity contribution >= 4 is 33.3 Å². The molecular weight excluding hydrogens is 740 g/mol. The zero-order valence-electron chi connectivity index (χ0n) is 29.4. The number of aromatic nitrogens is 2. The zero-order chi connectivity index (χ0) is 36.7. The molecule has 2 aliphatic rings. The molecule has 0 radical (unpaired) electrons. The average molecular weight is 782 g/mol. The molecule has 11 nitrogen and oxygen atoms in total. The van der Waals surface area contributed by atoms with Gasteiger partial charge in [-0.3, -0.25) is 9.59 Å². The Bertz CT molecular complexity index is 2110. The predicted molar refractivity (Wildman–Crippen MR) is 207 cm³/mol. The zero-order valence-corrected chi connectivity index (χ0v) is 31.0. The van der Waals surface area contributed by atoms with Gasteiger partial charge in [0.2, 0.25) is 5.43 Å². The van der Waals surface area contributed by atoms with Gasteiger partial charge in [-0.05, 0) is 77.9 Å². The number of methoxy groups -OCH3 is 1. The molecule has 2 aromatic heterocycles. The first kappa shape index (κ1) is 36.4. The molecule has 2 fully saturated rings. The van der Waals surface area contributed by atoms with Crippen molar-refractivity contribution in [2.75, 3.05) is 57.8 Å². The maximum Gasteiger partial charge on any atom is 0.261 e. The van der Waals surface area contributed by atoms with E-state index in [-0.39, 0.29) is 17.1 Å². The van der Waals surface area contributed by atoms with Crippen LogP contribution in [-0.4, -0.2) is 68.3 Å². The number of nitrogens with two attached hydrogens (primary N) is 1. The summed E-state index contributed by atoms with van der Waals surface area (Å²) in [6.45, 7) is 4.11. The molecule has 5 aromatic rings. The number of nitrogens with zero attached hydrogens (tertiary/aromatic N) is 2. The number of ether oxygens (including phenoxy) is 5. The molecule has 3 N–H and O–H groups in total. The molecule has 0 spiro atoms. The van der Waals surface area contributed by atoms with Gasteiger partial charge in [-0.1, -0.05) is 46.3 Å². The Labute approximate surface area is 316 Å². The van der Waals surface area contributed by atoms with E-state index in [1.807, 2.05) is 71.4 Å². The number of rotatable bonds is 11. The molecule has 0 aliphatic carbocycles. The highest BCUT2D eigenvalue weighted by Crippen LogP contribution is 2.35. The number of hydrogen-bond acceptors (Lipinski definition) is 9. The number of hydrogen-bond donors (Lipinski definition) is 2. The first-order valence-electron chi connectivity index (χ1n) is 17.6. The Hall–Kier alpha value is -5.01. The van der Waals surface area contributed by atoms with Crippen molar-refractivity contribution in [3.63, 3.8) is 0 Å². The smallest absolute Gasteiger partial charge is 0.261 e. The fourth-order valence-corrected chi connectivity index (χ4v) is 6.80. The minimum absolute atomic E-state index is 0.0749. The van der Waals surface area contributed by atoms with Crippen LogP contribution in [0.1, 0.15) is 23.2 Å². The summed E-state index contributed by atoms with van der Waals surface area (Å²) in [4.78, 5) is 31.9. The molecule has 1 atom stereocenters. The maximum atomic E-state index is 13.8. The summed E-state index contributed by atoms with van der Waals surface area (Å²) in [6.07, 6.45) is 6.95. The molecule has 2 saturated heterocycles. The highest BCUT2D eigenvalue weighted by molar-refractivity contribution is 9.10. The molecule has 274 valence electrons. The van der Waals surface area contributed by atoms with Crippen LogP contribution in [0.25, 0.3) is 33.4 Å². The van der Waals surface area contributed by atoms with E-state index < -0.39 is 5.91 Å². The monoisotopic (exact) mass is 780 g/mol. The largest absolute Gasteiger partial charge is 0.493 e. The number of carbonyl (C=O) groups excluding carboxylic acids is 1. The van der Waals surface area contributed by atoms with Crippen LogP contribution in [0.5, 0.6) is 11.5 Å². The van der Waals surface area contributed by atoms with Crippen LogP contribution in [0, 0.1) is 5.92 Å². The van der Waals surface area contributed by atoms with Crippen LogP contribution in [0.4, 0.5) is 11.5 Å². The van der Waals surface area contributed by atoms with Gasteiger partial charge in [0.15, 0.2) is 11.5 Å². The molecule has 4 heterocycles. The molecule has 12 heteroatoms. The van der Waals surface area contributed by atoms with Crippen LogP contribution in [-0.2, 0) is 20.8 Å². The number of halogens is 1. The standard InChI is InChI=1S/C41H41BrN4O7/c1-49-38-19-29(6-11-37(38)53-25-33-24-51-16-17-52-33)30-18-34(40(43)44-20-30)27-4-9-32(10-5-27)45-41(48)36-23-46(21-26-12-14-50-15-13-26)22-35(39(36)47)28-2-7-31(42)8-3-28/h2-11,18-20,22-23,26,33H,12-17,21,24-25H2,1H3,(H2,43,44)(H,45,48)/t33-/m1/s1. The molecule has 2 aliphatic heterocycles. The van der Waals surface area contributed by atoms with Gasteiger partial charge in [0.1, 0.15) is 24.1 Å². The summed E-state index contributed by atoms with van der Waals surface area (Å²) in [5, 5.41) is 2.93. The lowest BCUT2D eigenvalue weighted by atomic mass is 9.99. The molecule has 7 rings (SSSR count). The fraction of sp³-hybridized carbons (Fsp3) is 0.293. The van der Waals surface area contributed by atoms with Crippen LogP contribution < -0.4 is 26.0 Å². The number of nitrogens with one attached hydrogen (secondary N) is 1. The van der Waals surface area contributed by atoms with Crippen molar-refractivity contribution < 1.29 is 28.5 Å². The molecule has 53 heavy (non-hydrogen) atoms. The summed E-state index contributed by atoms with van der Waals surface area (Å²) in [7, 11) is 1.60. The Morgan fingerprint density at radius 2 is 1.62 bits per heavy atom. The van der Waals surface area contributed by atoms with E-state index in [0.717, 1.165) is 45.1 Å². The third-order valence-corrected chi connectivity index (χ3v) is 10.00. The molecule has 0 unspecified atom stereocenters. The summed E-state index contributed by atoms with van der Waals surface area (Å²) in [5.74, 6) is 1.46. The SMILES string of the molecule is COc1cc(-c2cnc(N)c(-c3ccc(NC(=O)c4cn(CC5CCOCC5)cc(-c5ccc(Br)cc5)c4=O)cc3)c2)ccc1OC[C@H]1COCCO1. The highest BCUT2D eigenvalue weighted by Gasteiger charge is 2.21. The van der Waals surface area contributed by atoms with Crippen molar-refractivity contribution in [3.8, 4) is 44.9 Å². The van der Waals surface area contributed by atoms with Gasteiger partial charge in [0.25, 0.3) is 5.91 Å². The summed E-state index contributed by atoms with van der Waals surface area (Å²) >= 11 is 3.47. The summed E-state index contributed by atoms with van der Waals surface area (Å²) in [5.41, 5.74) is 11.1. The number of anilines is 2. The molecule has 0 bridgehead atoms. The number of pyridine rings is 2. The molecular formula is C41H41BrN4O7. The highest BCUT2D eigenvalue weighted by atomic mass is 79.9. The topological polar surface area (TPSA) is 136 Å². The number of amides is 1. The third-order valence-electron chi connectivity index (χ3n) is 9.47. The minimum Gasteiger partial charge on any atom is -0.493 e. The summed E-state index contributed by atoms with van der Waals surface area (Å²) < 4.78 is 31.2. The second kappa shape index (κ2) is 16.8. The fourth-order valence-electron chi connectivity index (χ4n) is 6.54. The first-order valence-corrected chi connectivity index (χ1v) is 18.4. The van der Waals surface area contributed by atoms with E-state index in [1.54, 1.807) is 31.6 Å². The molecule has 0 saturated carbocycles. The Balaban J connectivity index is 1.09. The number of nitrogen functional groups attached to an aromatic ring is 1. The Morgan fingerprint density at radius 1 is 0.887 bits per heavy atom. The van der Waals surface area contributed by atoms with Crippen LogP contribution in [0.15, 0.2) is 101 Å². The van der Waals surface area contributed by atoms with Gasteiger partial charge in [-0.2, -0.15) is 0 Å². The lowest BCUT2D eigenvalue weighted by molar-refractivity contribution is -0.101. The van der Waals surface area contributed by atoms with E-state index in [2.05, 4.69) is 26.2 Å². The van der Waals surface area contributed by atoms with Crippen molar-refractivity contribution in [1.29, 1.82) is 0 Å². The van der Waals surface area contributed by atoms with E-state index in [9.17, 15) is 9.59 Å². The van der Waals surface area contributed by atoms with Gasteiger partial charge >= 0.3 is 0 Å². The van der Waals surface area contributed by atoms with Crippen LogP contribution >= 0.6 is 15.9 Å². The second-order valence-electron chi connectivity index (χ2n) is 13.1. The van der Waals surface area contributed by atoms with Gasteiger partial charge in [-0.25, -0.2) is 4.98 Å². The summed E-state index contributed by atoms with van der Waals surface area (Å²) in [6, 6.07) is 22.5. The minimum atomic E-state index is -0.480. The van der Waals surface area contributed by atoms with Crippen molar-refractivity contribution in [3.05, 3.63) is 112 Å². The Kier molecular flexibility index (Phi) is 11.5. The lowest BCUT2D eigenvalue weighted by Gasteiger charge is -2.23. The number of benzene rings is 3. The maximum absolute atomic E-state index is 13.8. The number of carbonyl (C=O) groups is 1. The van der Waals surface area contributed by atoms with Gasteiger partial charge in [-0.15, -0.1) is 0 Å². The van der Waals surface area contributed by atoms with Crippen molar-refractivity contribution in [2.45, 2.75) is 25.5 Å². The van der Waals surface area contributed by atoms with Crippen LogP contribution in [0.3, 0.4) is 0 Å². The van der Waals surface area contributed by atoms with Crippen LogP contribution in [0.2, 0.25) is 0 Å². The van der Waals surface area contributed by atoms with Gasteiger partial charge in [0, 0.05) is 65.2 Å². The third kappa shape index (κ3) is 8.80. The first-order chi connectivity index (χ1) is 25.8. The van der Waals surface area contributed by atoms with Gasteiger partial charge < -0.3 is 39.3 Å². The van der Waals surface area contributed by atoms with Crippen molar-refractivity contribution in [2.24, 2.45) is 5.92 Å². The van der Waals surface area contributed by atoms with E-state index in [0.29, 0.717) is 80.7 Å². The predicted octanol–water partition coefficient (Wildman–Crippen LogP) is 7.07. The quantitative estimate of drug-likeness (QED) is 0.144. The Morgan fingerprint density at radius 3 is 2.36 bits per heavy atom. The van der Waals surface area contributed by atoms with E-state index >= 15 is 0 Å². The molecule has 1 amide bonds. The van der Waals surface area contributed by atoms with E-state index in [1.165, 1.54) is 0 Å². The lowest BCUT2D eigenvalue weighted by Crippen LogP contribution is -2.33.